The van der Waals surface area contributed by atoms with Crippen LogP contribution in [0.25, 0.3) is 0 Å². The molecule has 23 heavy (non-hydrogen) atoms. The predicted octanol–water partition coefficient (Wildman–Crippen LogP) is 2.16. The molecule has 4 nitrogen and oxygen atoms in total. The number of aliphatic imine (C=N–C) groups is 1. The number of nitrogens with one attached hydrogen (secondary N) is 2. The van der Waals surface area contributed by atoms with Gasteiger partial charge in [-0.15, -0.1) is 24.0 Å². The number of aliphatic hydroxyl groups is 1. The van der Waals surface area contributed by atoms with E-state index in [-0.39, 0.29) is 24.0 Å². The SMILES string of the molecule is CN=C(NCCc1cc(F)ccc1F)NCC1(O)CCSC1.I. The summed E-state index contributed by atoms with van der Waals surface area (Å²) in [6, 6.07) is 3.43. The van der Waals surface area contributed by atoms with Gasteiger partial charge in [-0.05, 0) is 42.4 Å². The third kappa shape index (κ3) is 6.42. The minimum absolute atomic E-state index is 0. The van der Waals surface area contributed by atoms with E-state index in [2.05, 4.69) is 15.6 Å². The van der Waals surface area contributed by atoms with E-state index in [1.165, 1.54) is 6.07 Å². The summed E-state index contributed by atoms with van der Waals surface area (Å²) in [7, 11) is 1.63. The molecular weight excluding hydrogens is 435 g/mol. The fourth-order valence-corrected chi connectivity index (χ4v) is 3.55. The van der Waals surface area contributed by atoms with Gasteiger partial charge in [-0.25, -0.2) is 8.78 Å². The summed E-state index contributed by atoms with van der Waals surface area (Å²) in [5, 5.41) is 16.4. The molecule has 2 rings (SSSR count). The molecule has 1 aromatic carbocycles. The van der Waals surface area contributed by atoms with Crippen molar-refractivity contribution in [2.75, 3.05) is 31.6 Å². The minimum Gasteiger partial charge on any atom is -0.387 e. The quantitative estimate of drug-likeness (QED) is 0.361. The van der Waals surface area contributed by atoms with Gasteiger partial charge in [-0.2, -0.15) is 11.8 Å². The maximum Gasteiger partial charge on any atom is 0.191 e. The van der Waals surface area contributed by atoms with Crippen LogP contribution in [0.5, 0.6) is 0 Å². The average molecular weight is 457 g/mol. The molecule has 0 spiro atoms. The Morgan fingerprint density at radius 3 is 2.83 bits per heavy atom. The van der Waals surface area contributed by atoms with Crippen LogP contribution in [-0.2, 0) is 6.42 Å². The summed E-state index contributed by atoms with van der Waals surface area (Å²) < 4.78 is 26.6. The van der Waals surface area contributed by atoms with Crippen molar-refractivity contribution in [3.63, 3.8) is 0 Å². The molecule has 1 saturated heterocycles. The zero-order valence-electron chi connectivity index (χ0n) is 12.9. The normalized spacial score (nSPS) is 21.0. The van der Waals surface area contributed by atoms with E-state index in [0.29, 0.717) is 36.8 Å². The van der Waals surface area contributed by atoms with Gasteiger partial charge in [0.15, 0.2) is 5.96 Å². The summed E-state index contributed by atoms with van der Waals surface area (Å²) in [6.45, 7) is 0.848. The molecule has 0 bridgehead atoms. The van der Waals surface area contributed by atoms with Crippen LogP contribution in [0.2, 0.25) is 0 Å². The summed E-state index contributed by atoms with van der Waals surface area (Å²) in [4.78, 5) is 4.06. The van der Waals surface area contributed by atoms with Crippen LogP contribution in [0.4, 0.5) is 8.78 Å². The second-order valence-corrected chi connectivity index (χ2v) is 6.47. The second-order valence-electron chi connectivity index (χ2n) is 5.37. The first-order valence-corrected chi connectivity index (χ1v) is 8.36. The number of halogens is 3. The van der Waals surface area contributed by atoms with Gasteiger partial charge in [0.1, 0.15) is 11.6 Å². The lowest BCUT2D eigenvalue weighted by atomic mass is 10.0. The second kappa shape index (κ2) is 9.63. The first-order valence-electron chi connectivity index (χ1n) is 7.21. The van der Waals surface area contributed by atoms with Crippen molar-refractivity contribution in [3.8, 4) is 0 Å². The van der Waals surface area contributed by atoms with E-state index in [9.17, 15) is 13.9 Å². The third-order valence-electron chi connectivity index (χ3n) is 3.59. The zero-order valence-corrected chi connectivity index (χ0v) is 16.1. The van der Waals surface area contributed by atoms with Gasteiger partial charge in [-0.1, -0.05) is 0 Å². The van der Waals surface area contributed by atoms with Crippen molar-refractivity contribution in [1.29, 1.82) is 0 Å². The van der Waals surface area contributed by atoms with Crippen LogP contribution in [0.3, 0.4) is 0 Å². The molecule has 1 aliphatic heterocycles. The zero-order chi connectivity index (χ0) is 16.0. The highest BCUT2D eigenvalue weighted by molar-refractivity contribution is 14.0. The molecule has 1 heterocycles. The molecule has 1 aromatic rings. The third-order valence-corrected chi connectivity index (χ3v) is 4.82. The van der Waals surface area contributed by atoms with Gasteiger partial charge >= 0.3 is 0 Å². The Bertz CT molecular complexity index is 539. The number of hydrogen-bond acceptors (Lipinski definition) is 3. The van der Waals surface area contributed by atoms with Gasteiger partial charge in [0, 0.05) is 25.9 Å². The van der Waals surface area contributed by atoms with Crippen LogP contribution < -0.4 is 10.6 Å². The number of guanidine groups is 1. The monoisotopic (exact) mass is 457 g/mol. The van der Waals surface area contributed by atoms with E-state index in [1.54, 1.807) is 18.8 Å². The molecule has 3 N–H and O–H groups in total. The molecule has 0 saturated carbocycles. The Balaban J connectivity index is 0.00000264. The number of hydrogen-bond donors (Lipinski definition) is 3. The molecule has 0 aliphatic carbocycles. The number of benzene rings is 1. The van der Waals surface area contributed by atoms with Gasteiger partial charge in [0.2, 0.25) is 0 Å². The van der Waals surface area contributed by atoms with Crippen LogP contribution in [-0.4, -0.2) is 48.3 Å². The maximum atomic E-state index is 13.5. The Morgan fingerprint density at radius 1 is 1.39 bits per heavy atom. The lowest BCUT2D eigenvalue weighted by Crippen LogP contribution is -2.47. The molecule has 8 heteroatoms. The van der Waals surface area contributed by atoms with Crippen LogP contribution in [0.15, 0.2) is 23.2 Å². The molecule has 1 unspecified atom stereocenters. The molecular formula is C15H22F2IN3OS. The predicted molar refractivity (Wildman–Crippen MR) is 102 cm³/mol. The van der Waals surface area contributed by atoms with Crippen molar-refractivity contribution in [2.45, 2.75) is 18.4 Å². The standard InChI is InChI=1S/C15H21F2N3OS.HI/c1-18-14(20-9-15(21)5-7-22-10-15)19-6-4-11-8-12(16)2-3-13(11)17;/h2-3,8,21H,4-7,9-10H2,1H3,(H2,18,19,20);1H. The first-order chi connectivity index (χ1) is 10.5. The minimum atomic E-state index is -0.697. The lowest BCUT2D eigenvalue weighted by Gasteiger charge is -2.23. The van der Waals surface area contributed by atoms with Crippen molar-refractivity contribution < 1.29 is 13.9 Å². The lowest BCUT2D eigenvalue weighted by molar-refractivity contribution is 0.0724. The average Bonchev–Trinajstić information content (AvgIpc) is 2.93. The van der Waals surface area contributed by atoms with Crippen molar-refractivity contribution in [3.05, 3.63) is 35.4 Å². The van der Waals surface area contributed by atoms with E-state index < -0.39 is 17.2 Å². The number of rotatable bonds is 5. The number of nitrogens with zero attached hydrogens (tertiary/aromatic N) is 1. The molecule has 0 amide bonds. The Hall–Kier alpha value is -0.610. The highest BCUT2D eigenvalue weighted by Gasteiger charge is 2.31. The topological polar surface area (TPSA) is 56.7 Å². The van der Waals surface area contributed by atoms with Crippen molar-refractivity contribution in [1.82, 2.24) is 10.6 Å². The first kappa shape index (κ1) is 20.4. The molecule has 130 valence electrons. The molecule has 1 fully saturated rings. The summed E-state index contributed by atoms with van der Waals surface area (Å²) in [5.41, 5.74) is -0.370. The fraction of sp³-hybridized carbons (Fsp3) is 0.533. The Kier molecular flexibility index (Phi) is 8.56. The smallest absolute Gasteiger partial charge is 0.191 e. The van der Waals surface area contributed by atoms with E-state index >= 15 is 0 Å². The molecule has 0 aromatic heterocycles. The molecule has 0 radical (unpaired) electrons. The van der Waals surface area contributed by atoms with Crippen LogP contribution >= 0.6 is 35.7 Å². The Labute approximate surface area is 156 Å². The summed E-state index contributed by atoms with van der Waals surface area (Å²) in [6.07, 6.45) is 1.11. The van der Waals surface area contributed by atoms with E-state index in [1.807, 2.05) is 0 Å². The Morgan fingerprint density at radius 2 is 2.17 bits per heavy atom. The molecule has 1 atom stereocenters. The van der Waals surface area contributed by atoms with Gasteiger partial charge in [0.05, 0.1) is 5.60 Å². The molecule has 1 aliphatic rings. The highest BCUT2D eigenvalue weighted by atomic mass is 127. The van der Waals surface area contributed by atoms with E-state index in [4.69, 9.17) is 0 Å². The van der Waals surface area contributed by atoms with Gasteiger partial charge in [-0.3, -0.25) is 4.99 Å². The summed E-state index contributed by atoms with van der Waals surface area (Å²) >= 11 is 1.73. The largest absolute Gasteiger partial charge is 0.387 e. The van der Waals surface area contributed by atoms with Crippen LogP contribution in [0, 0.1) is 11.6 Å². The van der Waals surface area contributed by atoms with Gasteiger partial charge in [0.25, 0.3) is 0 Å². The number of thioether (sulfide) groups is 1. The van der Waals surface area contributed by atoms with Crippen molar-refractivity contribution >= 4 is 41.7 Å². The maximum absolute atomic E-state index is 13.5. The van der Waals surface area contributed by atoms with Crippen molar-refractivity contribution in [2.24, 2.45) is 4.99 Å². The van der Waals surface area contributed by atoms with E-state index in [0.717, 1.165) is 24.3 Å². The highest BCUT2D eigenvalue weighted by Crippen LogP contribution is 2.26. The van der Waals surface area contributed by atoms with Gasteiger partial charge < -0.3 is 15.7 Å². The summed E-state index contributed by atoms with van der Waals surface area (Å²) in [5.74, 6) is 1.36. The fourth-order valence-electron chi connectivity index (χ4n) is 2.26. The van der Waals surface area contributed by atoms with Crippen LogP contribution in [0.1, 0.15) is 12.0 Å².